The van der Waals surface area contributed by atoms with Gasteiger partial charge in [-0.3, -0.25) is 20.4 Å². The van der Waals surface area contributed by atoms with Crippen molar-refractivity contribution in [1.29, 1.82) is 10.8 Å². The van der Waals surface area contributed by atoms with Crippen LogP contribution in [0.4, 0.5) is 22.7 Å². The van der Waals surface area contributed by atoms with Gasteiger partial charge in [-0.25, -0.2) is 0 Å². The lowest BCUT2D eigenvalue weighted by Gasteiger charge is -2.14. The fourth-order valence-electron chi connectivity index (χ4n) is 4.39. The number of benzene rings is 4. The van der Waals surface area contributed by atoms with Crippen LogP contribution in [0.3, 0.4) is 0 Å². The lowest BCUT2D eigenvalue weighted by atomic mass is 9.96. The van der Waals surface area contributed by atoms with Gasteiger partial charge >= 0.3 is 0 Å². The van der Waals surface area contributed by atoms with Crippen LogP contribution in [0, 0.1) is 10.8 Å². The molecule has 0 radical (unpaired) electrons. The highest BCUT2D eigenvalue weighted by Gasteiger charge is 2.14. The van der Waals surface area contributed by atoms with E-state index in [0.29, 0.717) is 45.7 Å². The smallest absolute Gasteiger partial charge is 0.247 e. The first-order valence-electron chi connectivity index (χ1n) is 13.1. The van der Waals surface area contributed by atoms with Crippen LogP contribution in [0.5, 0.6) is 0 Å². The zero-order valence-electron chi connectivity index (χ0n) is 22.8. The number of nitrogen functional groups attached to an aromatic ring is 1. The van der Waals surface area contributed by atoms with Gasteiger partial charge in [0, 0.05) is 58.5 Å². The molecule has 0 spiro atoms. The van der Waals surface area contributed by atoms with Crippen molar-refractivity contribution in [3.05, 3.63) is 131 Å². The lowest BCUT2D eigenvalue weighted by Crippen LogP contribution is -2.14. The molecule has 0 unspecified atom stereocenters. The molecule has 0 fully saturated rings. The van der Waals surface area contributed by atoms with E-state index < -0.39 is 0 Å². The first kappa shape index (κ1) is 28.5. The van der Waals surface area contributed by atoms with Gasteiger partial charge in [0.15, 0.2) is 0 Å². The molecular formula is C33H32N6O2. The summed E-state index contributed by atoms with van der Waals surface area (Å²) in [5, 5.41) is 26.2. The zero-order chi connectivity index (χ0) is 29.4. The monoisotopic (exact) mass is 544 g/mol. The first-order valence-corrected chi connectivity index (χ1v) is 13.1. The van der Waals surface area contributed by atoms with Gasteiger partial charge in [0.25, 0.3) is 0 Å². The minimum absolute atomic E-state index is 0.159. The van der Waals surface area contributed by atoms with Gasteiger partial charge < -0.3 is 21.7 Å². The molecule has 8 nitrogen and oxygen atoms in total. The summed E-state index contributed by atoms with van der Waals surface area (Å²) in [5.74, 6) is -0.483. The van der Waals surface area contributed by atoms with Gasteiger partial charge in [0.2, 0.25) is 11.8 Å². The van der Waals surface area contributed by atoms with E-state index in [1.165, 1.54) is 6.08 Å². The van der Waals surface area contributed by atoms with Crippen LogP contribution in [-0.4, -0.2) is 30.3 Å². The summed E-state index contributed by atoms with van der Waals surface area (Å²) in [6.45, 7) is 3.47. The standard InChI is InChI=1S/C33H32N6O2/c1-3-30(40)38-24-10-7-9-23(20-24)33(36)27-18-21(14-16-29(27)37-2)15-17-31(41)39-25-11-6-8-22(19-25)32(35)26-12-4-5-13-28(26)34/h3-14,16,18-20,35-37H,1,15,17,34H2,2H3,(H,38,40)(H,39,41). The number of nitrogens with two attached hydrogens (primary N) is 1. The maximum absolute atomic E-state index is 12.8. The van der Waals surface area contributed by atoms with Gasteiger partial charge in [-0.2, -0.15) is 0 Å². The Morgan fingerprint density at radius 3 is 2.07 bits per heavy atom. The molecule has 0 saturated carbocycles. The lowest BCUT2D eigenvalue weighted by molar-refractivity contribution is -0.116. The van der Waals surface area contributed by atoms with E-state index >= 15 is 0 Å². The SMILES string of the molecule is C=CC(=O)Nc1cccc(C(=N)c2cc(CCC(=O)Nc3cccc(C(=N)c4ccccc4N)c3)ccc2NC)c1. The molecule has 0 aliphatic carbocycles. The molecule has 8 heteroatoms. The van der Waals surface area contributed by atoms with E-state index in [-0.39, 0.29) is 29.7 Å². The Labute approximate surface area is 239 Å². The van der Waals surface area contributed by atoms with E-state index in [9.17, 15) is 9.59 Å². The number of para-hydroxylation sites is 1. The Hall–Kier alpha value is -5.50. The van der Waals surface area contributed by atoms with Gasteiger partial charge in [-0.15, -0.1) is 0 Å². The van der Waals surface area contributed by atoms with E-state index in [4.69, 9.17) is 16.6 Å². The van der Waals surface area contributed by atoms with Crippen LogP contribution in [-0.2, 0) is 16.0 Å². The minimum Gasteiger partial charge on any atom is -0.398 e. The molecule has 41 heavy (non-hydrogen) atoms. The summed E-state index contributed by atoms with van der Waals surface area (Å²) in [6.07, 6.45) is 1.91. The predicted octanol–water partition coefficient (Wildman–Crippen LogP) is 5.84. The maximum atomic E-state index is 12.8. The Morgan fingerprint density at radius 1 is 0.805 bits per heavy atom. The Morgan fingerprint density at radius 2 is 1.44 bits per heavy atom. The third kappa shape index (κ3) is 7.13. The topological polar surface area (TPSA) is 144 Å². The average molecular weight is 545 g/mol. The number of aryl methyl sites for hydroxylation is 1. The second-order valence-corrected chi connectivity index (χ2v) is 9.37. The third-order valence-electron chi connectivity index (χ3n) is 6.53. The molecule has 0 heterocycles. The molecule has 7 N–H and O–H groups in total. The van der Waals surface area contributed by atoms with E-state index in [1.807, 2.05) is 42.5 Å². The number of anilines is 4. The van der Waals surface area contributed by atoms with Crippen molar-refractivity contribution in [3.63, 3.8) is 0 Å². The molecular weight excluding hydrogens is 512 g/mol. The van der Waals surface area contributed by atoms with Gasteiger partial charge in [0.05, 0.1) is 11.4 Å². The Bertz CT molecular complexity index is 1640. The van der Waals surface area contributed by atoms with Crippen molar-refractivity contribution in [1.82, 2.24) is 0 Å². The van der Waals surface area contributed by atoms with Gasteiger partial charge in [0.1, 0.15) is 0 Å². The van der Waals surface area contributed by atoms with Crippen molar-refractivity contribution < 1.29 is 9.59 Å². The average Bonchev–Trinajstić information content (AvgIpc) is 2.99. The van der Waals surface area contributed by atoms with Crippen molar-refractivity contribution in [2.45, 2.75) is 12.8 Å². The van der Waals surface area contributed by atoms with E-state index in [1.54, 1.807) is 55.6 Å². The van der Waals surface area contributed by atoms with Crippen LogP contribution in [0.25, 0.3) is 0 Å². The highest BCUT2D eigenvalue weighted by Crippen LogP contribution is 2.24. The number of hydrogen-bond donors (Lipinski definition) is 6. The Balaban J connectivity index is 1.44. The molecule has 4 aromatic carbocycles. The number of nitrogens with one attached hydrogen (secondary N) is 5. The Kier molecular flexibility index (Phi) is 9.06. The highest BCUT2D eigenvalue weighted by atomic mass is 16.2. The quantitative estimate of drug-likeness (QED) is 0.0801. The van der Waals surface area contributed by atoms with Crippen molar-refractivity contribution in [2.24, 2.45) is 0 Å². The maximum Gasteiger partial charge on any atom is 0.247 e. The largest absolute Gasteiger partial charge is 0.398 e. The molecule has 0 aliphatic heterocycles. The summed E-state index contributed by atoms with van der Waals surface area (Å²) < 4.78 is 0. The summed E-state index contributed by atoms with van der Waals surface area (Å²) in [5.41, 5.74) is 12.6. The fourth-order valence-corrected chi connectivity index (χ4v) is 4.39. The van der Waals surface area contributed by atoms with Gasteiger partial charge in [-0.1, -0.05) is 55.1 Å². The fraction of sp³-hybridized carbons (Fsp3) is 0.0909. The molecule has 4 aromatic rings. The number of amides is 2. The molecule has 0 atom stereocenters. The van der Waals surface area contributed by atoms with E-state index in [2.05, 4.69) is 22.5 Å². The summed E-state index contributed by atoms with van der Waals surface area (Å²) in [6, 6.07) is 27.2. The van der Waals surface area contributed by atoms with Crippen LogP contribution in [0.15, 0.2) is 104 Å². The number of carbonyl (C=O) groups excluding carboxylic acids is 2. The molecule has 0 aliphatic rings. The summed E-state index contributed by atoms with van der Waals surface area (Å²) >= 11 is 0. The zero-order valence-corrected chi connectivity index (χ0v) is 22.8. The third-order valence-corrected chi connectivity index (χ3v) is 6.53. The van der Waals surface area contributed by atoms with Crippen molar-refractivity contribution >= 4 is 46.0 Å². The minimum atomic E-state index is -0.323. The molecule has 4 rings (SSSR count). The molecule has 2 amide bonds. The first-order chi connectivity index (χ1) is 19.8. The highest BCUT2D eigenvalue weighted by molar-refractivity contribution is 6.15. The van der Waals surface area contributed by atoms with Crippen LogP contribution >= 0.6 is 0 Å². The molecule has 0 aromatic heterocycles. The van der Waals surface area contributed by atoms with Crippen LogP contribution in [0.2, 0.25) is 0 Å². The van der Waals surface area contributed by atoms with E-state index in [0.717, 1.165) is 11.3 Å². The number of hydrogen-bond acceptors (Lipinski definition) is 6. The molecule has 206 valence electrons. The molecule has 0 bridgehead atoms. The number of carbonyl (C=O) groups is 2. The number of rotatable bonds is 11. The predicted molar refractivity (Wildman–Crippen MR) is 167 cm³/mol. The second kappa shape index (κ2) is 13.0. The van der Waals surface area contributed by atoms with Crippen LogP contribution in [0.1, 0.15) is 34.2 Å². The second-order valence-electron chi connectivity index (χ2n) is 9.37. The van der Waals surface area contributed by atoms with Gasteiger partial charge in [-0.05, 0) is 60.5 Å². The summed E-state index contributed by atoms with van der Waals surface area (Å²) in [4.78, 5) is 24.5. The summed E-state index contributed by atoms with van der Waals surface area (Å²) in [7, 11) is 1.79. The van der Waals surface area contributed by atoms with Crippen molar-refractivity contribution in [2.75, 3.05) is 28.7 Å². The molecule has 0 saturated heterocycles. The normalized spacial score (nSPS) is 10.4. The van der Waals surface area contributed by atoms with Crippen LogP contribution < -0.4 is 21.7 Å². The van der Waals surface area contributed by atoms with Crippen molar-refractivity contribution in [3.8, 4) is 0 Å².